The summed E-state index contributed by atoms with van der Waals surface area (Å²) in [5, 5.41) is 3.37. The van der Waals surface area contributed by atoms with Gasteiger partial charge in [-0.3, -0.25) is 0 Å². The van der Waals surface area contributed by atoms with Gasteiger partial charge in [-0.15, -0.1) is 0 Å². The summed E-state index contributed by atoms with van der Waals surface area (Å²) in [7, 11) is 0. The molecule has 0 saturated heterocycles. The van der Waals surface area contributed by atoms with E-state index in [0.29, 0.717) is 12.4 Å². The van der Waals surface area contributed by atoms with Crippen LogP contribution in [0.2, 0.25) is 0 Å². The number of benzene rings is 1. The zero-order chi connectivity index (χ0) is 14.2. The van der Waals surface area contributed by atoms with Gasteiger partial charge >= 0.3 is 0 Å². The zero-order valence-corrected chi connectivity index (χ0v) is 13.1. The number of hydrogen-bond acceptors (Lipinski definition) is 4. The van der Waals surface area contributed by atoms with Gasteiger partial charge in [0.2, 0.25) is 0 Å². The summed E-state index contributed by atoms with van der Waals surface area (Å²) in [4.78, 5) is 8.26. The fraction of sp³-hybridized carbons (Fsp3) is 0.333. The van der Waals surface area contributed by atoms with Crippen molar-refractivity contribution in [2.24, 2.45) is 0 Å². The number of nitrogens with zero attached hydrogens (tertiary/aromatic N) is 2. The highest BCUT2D eigenvalue weighted by atomic mass is 79.9. The van der Waals surface area contributed by atoms with Gasteiger partial charge in [-0.25, -0.2) is 9.97 Å². The number of rotatable bonds is 7. The topological polar surface area (TPSA) is 47.0 Å². The summed E-state index contributed by atoms with van der Waals surface area (Å²) >= 11 is 3.54. The molecular formula is C15H18BrN3O. The molecule has 1 heterocycles. The quantitative estimate of drug-likeness (QED) is 0.788. The largest absolute Gasteiger partial charge is 0.484 e. The molecule has 0 aliphatic carbocycles. The molecule has 5 heteroatoms. The Morgan fingerprint density at radius 1 is 1.25 bits per heavy atom. The lowest BCUT2D eigenvalue weighted by atomic mass is 10.2. The van der Waals surface area contributed by atoms with Crippen LogP contribution >= 0.6 is 15.9 Å². The van der Waals surface area contributed by atoms with Crippen LogP contribution in [0.1, 0.15) is 24.7 Å². The van der Waals surface area contributed by atoms with Crippen molar-refractivity contribution in [3.63, 3.8) is 0 Å². The molecule has 0 aliphatic heterocycles. The average Bonchev–Trinajstić information content (AvgIpc) is 2.48. The van der Waals surface area contributed by atoms with Crippen molar-refractivity contribution in [3.05, 3.63) is 52.5 Å². The van der Waals surface area contributed by atoms with Crippen LogP contribution in [0.15, 0.2) is 41.1 Å². The maximum absolute atomic E-state index is 5.71. The maximum atomic E-state index is 5.71. The Bertz CT molecular complexity index is 534. The van der Waals surface area contributed by atoms with E-state index in [1.165, 1.54) is 5.56 Å². The Morgan fingerprint density at radius 3 is 2.75 bits per heavy atom. The predicted molar refractivity (Wildman–Crippen MR) is 82.5 cm³/mol. The lowest BCUT2D eigenvalue weighted by Crippen LogP contribution is -2.13. The van der Waals surface area contributed by atoms with E-state index in [0.717, 1.165) is 29.7 Å². The van der Waals surface area contributed by atoms with Crippen LogP contribution in [0.25, 0.3) is 0 Å². The Balaban J connectivity index is 1.92. The fourth-order valence-corrected chi connectivity index (χ4v) is 2.27. The van der Waals surface area contributed by atoms with Gasteiger partial charge in [-0.05, 0) is 52.7 Å². The van der Waals surface area contributed by atoms with E-state index in [4.69, 9.17) is 4.74 Å². The van der Waals surface area contributed by atoms with Crippen molar-refractivity contribution in [2.75, 3.05) is 6.54 Å². The molecule has 1 N–H and O–H groups in total. The van der Waals surface area contributed by atoms with Gasteiger partial charge in [0.05, 0.1) is 4.47 Å². The molecule has 2 rings (SSSR count). The molecule has 0 radical (unpaired) electrons. The number of nitrogens with one attached hydrogen (secondary N) is 1. The van der Waals surface area contributed by atoms with Crippen molar-refractivity contribution < 1.29 is 4.74 Å². The molecule has 1 aromatic carbocycles. The highest BCUT2D eigenvalue weighted by Crippen LogP contribution is 2.26. The van der Waals surface area contributed by atoms with Gasteiger partial charge in [-0.1, -0.05) is 13.0 Å². The van der Waals surface area contributed by atoms with Crippen molar-refractivity contribution in [3.8, 4) is 5.75 Å². The lowest BCUT2D eigenvalue weighted by Gasteiger charge is -2.09. The molecule has 4 nitrogen and oxygen atoms in total. The summed E-state index contributed by atoms with van der Waals surface area (Å²) in [6.45, 7) is 4.42. The maximum Gasteiger partial charge on any atom is 0.166 e. The molecule has 0 saturated carbocycles. The van der Waals surface area contributed by atoms with E-state index in [9.17, 15) is 0 Å². The predicted octanol–water partition coefficient (Wildman–Crippen LogP) is 3.32. The minimum absolute atomic E-state index is 0.368. The summed E-state index contributed by atoms with van der Waals surface area (Å²) < 4.78 is 6.66. The van der Waals surface area contributed by atoms with Gasteiger partial charge in [0.1, 0.15) is 12.4 Å². The second-order valence-corrected chi connectivity index (χ2v) is 5.25. The third-order valence-electron chi connectivity index (χ3n) is 2.73. The van der Waals surface area contributed by atoms with Crippen LogP contribution < -0.4 is 10.1 Å². The van der Waals surface area contributed by atoms with Gasteiger partial charge in [0.15, 0.2) is 5.82 Å². The van der Waals surface area contributed by atoms with Crippen LogP contribution in [0, 0.1) is 0 Å². The van der Waals surface area contributed by atoms with E-state index in [-0.39, 0.29) is 0 Å². The van der Waals surface area contributed by atoms with Crippen LogP contribution in [0.5, 0.6) is 5.75 Å². The molecular weight excluding hydrogens is 318 g/mol. The Labute approximate surface area is 127 Å². The van der Waals surface area contributed by atoms with E-state index in [1.54, 1.807) is 18.5 Å². The second kappa shape index (κ2) is 7.97. The zero-order valence-electron chi connectivity index (χ0n) is 11.5. The number of aromatic nitrogens is 2. The Hall–Kier alpha value is -1.46. The number of hydrogen-bond donors (Lipinski definition) is 1. The third-order valence-corrected chi connectivity index (χ3v) is 3.35. The van der Waals surface area contributed by atoms with Gasteiger partial charge in [-0.2, -0.15) is 0 Å². The molecule has 2 aromatic rings. The van der Waals surface area contributed by atoms with E-state index in [2.05, 4.69) is 50.3 Å². The molecule has 20 heavy (non-hydrogen) atoms. The molecule has 0 bridgehead atoms. The number of halogens is 1. The molecule has 0 atom stereocenters. The summed E-state index contributed by atoms with van der Waals surface area (Å²) in [5.41, 5.74) is 1.23. The third kappa shape index (κ3) is 4.58. The Kier molecular flexibility index (Phi) is 5.95. The first kappa shape index (κ1) is 14.9. The molecule has 0 fully saturated rings. The second-order valence-electron chi connectivity index (χ2n) is 4.40. The Morgan fingerprint density at radius 2 is 2.05 bits per heavy atom. The van der Waals surface area contributed by atoms with Crippen molar-refractivity contribution in [2.45, 2.75) is 26.5 Å². The van der Waals surface area contributed by atoms with E-state index in [1.807, 2.05) is 6.07 Å². The molecule has 1 aromatic heterocycles. The standard InChI is InChI=1S/C15H18BrN3O/c1-2-6-17-10-12-4-5-14(13(16)9-12)20-11-15-18-7-3-8-19-15/h3-5,7-9,17H,2,6,10-11H2,1H3. The van der Waals surface area contributed by atoms with Crippen LogP contribution in [0.4, 0.5) is 0 Å². The first-order valence-corrected chi connectivity index (χ1v) is 7.46. The minimum Gasteiger partial charge on any atom is -0.484 e. The highest BCUT2D eigenvalue weighted by molar-refractivity contribution is 9.10. The molecule has 0 spiro atoms. The SMILES string of the molecule is CCCNCc1ccc(OCc2ncccn2)c(Br)c1. The molecule has 0 unspecified atom stereocenters. The smallest absolute Gasteiger partial charge is 0.166 e. The first-order valence-electron chi connectivity index (χ1n) is 6.67. The average molecular weight is 336 g/mol. The lowest BCUT2D eigenvalue weighted by molar-refractivity contribution is 0.294. The highest BCUT2D eigenvalue weighted by Gasteiger charge is 2.04. The summed E-state index contributed by atoms with van der Waals surface area (Å²) in [6, 6.07) is 7.89. The number of ether oxygens (including phenoxy) is 1. The van der Waals surface area contributed by atoms with Crippen LogP contribution in [-0.2, 0) is 13.2 Å². The van der Waals surface area contributed by atoms with Gasteiger partial charge in [0, 0.05) is 18.9 Å². The summed E-state index contributed by atoms with van der Waals surface area (Å²) in [6.07, 6.45) is 4.56. The van der Waals surface area contributed by atoms with Crippen molar-refractivity contribution in [1.29, 1.82) is 0 Å². The monoisotopic (exact) mass is 335 g/mol. The summed E-state index contributed by atoms with van der Waals surface area (Å²) in [5.74, 6) is 1.48. The van der Waals surface area contributed by atoms with Gasteiger partial charge < -0.3 is 10.1 Å². The molecule has 0 aliphatic rings. The van der Waals surface area contributed by atoms with E-state index < -0.39 is 0 Å². The first-order chi connectivity index (χ1) is 9.79. The minimum atomic E-state index is 0.368. The fourth-order valence-electron chi connectivity index (χ4n) is 1.73. The van der Waals surface area contributed by atoms with E-state index >= 15 is 0 Å². The normalized spacial score (nSPS) is 10.5. The van der Waals surface area contributed by atoms with Crippen LogP contribution in [-0.4, -0.2) is 16.5 Å². The van der Waals surface area contributed by atoms with Crippen molar-refractivity contribution >= 4 is 15.9 Å². The van der Waals surface area contributed by atoms with Crippen molar-refractivity contribution in [1.82, 2.24) is 15.3 Å². The van der Waals surface area contributed by atoms with Gasteiger partial charge in [0.25, 0.3) is 0 Å². The van der Waals surface area contributed by atoms with Crippen LogP contribution in [0.3, 0.4) is 0 Å². The molecule has 106 valence electrons. The molecule has 0 amide bonds.